The molecule has 1 aromatic heterocycles. The largest absolute Gasteiger partial charge is 0.399 e. The normalized spacial score (nSPS) is 16.1. The summed E-state index contributed by atoms with van der Waals surface area (Å²) < 4.78 is 0. The molecule has 1 fully saturated rings. The lowest BCUT2D eigenvalue weighted by Crippen LogP contribution is -2.35. The minimum Gasteiger partial charge on any atom is -0.399 e. The van der Waals surface area contributed by atoms with Crippen molar-refractivity contribution in [3.8, 4) is 0 Å². The summed E-state index contributed by atoms with van der Waals surface area (Å²) in [6.45, 7) is 0. The van der Waals surface area contributed by atoms with Gasteiger partial charge in [0.1, 0.15) is 0 Å². The van der Waals surface area contributed by atoms with Crippen molar-refractivity contribution < 1.29 is 4.79 Å². The third-order valence-electron chi connectivity index (χ3n) is 4.13. The number of carbonyl (C=O) groups excluding carboxylic acids is 1. The van der Waals surface area contributed by atoms with Crippen molar-refractivity contribution in [2.45, 2.75) is 31.7 Å². The molecule has 4 nitrogen and oxygen atoms in total. The number of aromatic nitrogens is 1. The molecule has 3 rings (SSSR count). The van der Waals surface area contributed by atoms with Gasteiger partial charge in [0.2, 0.25) is 0 Å². The number of nitrogen functional groups attached to an aromatic ring is 1. The van der Waals surface area contributed by atoms with Crippen LogP contribution in [-0.4, -0.2) is 28.9 Å². The topological polar surface area (TPSA) is 62.1 Å². The van der Waals surface area contributed by atoms with Crippen LogP contribution in [0, 0.1) is 0 Å². The summed E-state index contributed by atoms with van der Waals surface area (Å²) in [5.74, 6) is 0.0868. The van der Waals surface area contributed by atoms with E-state index >= 15 is 0 Å². The van der Waals surface area contributed by atoms with E-state index in [1.165, 1.54) is 12.8 Å². The minimum absolute atomic E-state index is 0.0868. The predicted octanol–water partition coefficient (Wildman–Crippen LogP) is 2.76. The van der Waals surface area contributed by atoms with E-state index in [2.05, 4.69) is 4.98 Å². The quantitative estimate of drug-likeness (QED) is 0.813. The van der Waals surface area contributed by atoms with Crippen LogP contribution in [-0.2, 0) is 0 Å². The summed E-state index contributed by atoms with van der Waals surface area (Å²) in [4.78, 5) is 17.6. The van der Waals surface area contributed by atoms with Gasteiger partial charge < -0.3 is 15.6 Å². The molecule has 1 aliphatic rings. The van der Waals surface area contributed by atoms with Gasteiger partial charge >= 0.3 is 0 Å². The summed E-state index contributed by atoms with van der Waals surface area (Å²) >= 11 is 0. The van der Waals surface area contributed by atoms with Crippen LogP contribution in [0.15, 0.2) is 24.4 Å². The number of amides is 1. The molecule has 0 radical (unpaired) electrons. The lowest BCUT2D eigenvalue weighted by Gasteiger charge is -2.24. The molecule has 0 atom stereocenters. The average molecular weight is 257 g/mol. The Labute approximate surface area is 112 Å². The Hall–Kier alpha value is -1.97. The zero-order valence-corrected chi connectivity index (χ0v) is 11.1. The van der Waals surface area contributed by atoms with Crippen molar-refractivity contribution in [1.82, 2.24) is 9.88 Å². The highest BCUT2D eigenvalue weighted by molar-refractivity contribution is 6.07. The van der Waals surface area contributed by atoms with Gasteiger partial charge in [-0.1, -0.05) is 12.8 Å². The molecule has 0 aliphatic heterocycles. The number of rotatable bonds is 2. The Kier molecular flexibility index (Phi) is 2.93. The Balaban J connectivity index is 1.94. The van der Waals surface area contributed by atoms with Gasteiger partial charge in [0.25, 0.3) is 5.91 Å². The van der Waals surface area contributed by atoms with Crippen molar-refractivity contribution in [2.24, 2.45) is 0 Å². The molecular formula is C15H19N3O. The smallest absolute Gasteiger partial charge is 0.256 e. The summed E-state index contributed by atoms with van der Waals surface area (Å²) in [5, 5.41) is 0.912. The van der Waals surface area contributed by atoms with Crippen molar-refractivity contribution in [2.75, 3.05) is 12.8 Å². The van der Waals surface area contributed by atoms with Crippen LogP contribution < -0.4 is 5.73 Å². The summed E-state index contributed by atoms with van der Waals surface area (Å²) in [5.41, 5.74) is 8.17. The molecule has 100 valence electrons. The zero-order valence-electron chi connectivity index (χ0n) is 11.1. The number of carbonyl (C=O) groups is 1. The first-order valence-corrected chi connectivity index (χ1v) is 6.80. The van der Waals surface area contributed by atoms with Gasteiger partial charge in [-0.15, -0.1) is 0 Å². The third kappa shape index (κ3) is 2.07. The highest BCUT2D eigenvalue weighted by Crippen LogP contribution is 2.26. The van der Waals surface area contributed by atoms with E-state index in [9.17, 15) is 4.79 Å². The second-order valence-electron chi connectivity index (χ2n) is 5.36. The molecule has 19 heavy (non-hydrogen) atoms. The molecule has 2 aromatic rings. The standard InChI is InChI=1S/C15H19N3O/c1-18(11-4-2-3-5-11)15(19)13-9-17-14-7-6-10(16)8-12(13)14/h6-9,11,17H,2-5,16H2,1H3. The maximum Gasteiger partial charge on any atom is 0.256 e. The van der Waals surface area contributed by atoms with Crippen LogP contribution in [0.1, 0.15) is 36.0 Å². The number of anilines is 1. The van der Waals surface area contributed by atoms with Crippen LogP contribution >= 0.6 is 0 Å². The first kappa shape index (κ1) is 12.1. The molecule has 1 amide bonds. The Morgan fingerprint density at radius 2 is 2.11 bits per heavy atom. The highest BCUT2D eigenvalue weighted by Gasteiger charge is 2.25. The van der Waals surface area contributed by atoms with Gasteiger partial charge in [0.15, 0.2) is 0 Å². The molecule has 4 heteroatoms. The van der Waals surface area contributed by atoms with E-state index in [4.69, 9.17) is 5.73 Å². The van der Waals surface area contributed by atoms with E-state index < -0.39 is 0 Å². The minimum atomic E-state index is 0.0868. The van der Waals surface area contributed by atoms with Gasteiger partial charge in [0.05, 0.1) is 5.56 Å². The van der Waals surface area contributed by atoms with Crippen LogP contribution in [0.3, 0.4) is 0 Å². The molecule has 1 saturated carbocycles. The van der Waals surface area contributed by atoms with Crippen molar-refractivity contribution in [1.29, 1.82) is 0 Å². The number of aromatic amines is 1. The number of nitrogens with zero attached hydrogens (tertiary/aromatic N) is 1. The maximum atomic E-state index is 12.6. The van der Waals surface area contributed by atoms with Crippen molar-refractivity contribution >= 4 is 22.5 Å². The molecule has 1 aromatic carbocycles. The summed E-state index contributed by atoms with van der Waals surface area (Å²) in [6, 6.07) is 6.00. The van der Waals surface area contributed by atoms with Gasteiger partial charge in [-0.3, -0.25) is 4.79 Å². The molecule has 1 aliphatic carbocycles. The second-order valence-corrected chi connectivity index (χ2v) is 5.36. The summed E-state index contributed by atoms with van der Waals surface area (Å²) in [6.07, 6.45) is 6.48. The van der Waals surface area contributed by atoms with Gasteiger partial charge in [0, 0.05) is 35.9 Å². The lowest BCUT2D eigenvalue weighted by molar-refractivity contribution is 0.0737. The molecule has 0 unspecified atom stereocenters. The van der Waals surface area contributed by atoms with E-state index in [0.717, 1.165) is 29.3 Å². The van der Waals surface area contributed by atoms with Crippen molar-refractivity contribution in [3.05, 3.63) is 30.0 Å². The van der Waals surface area contributed by atoms with E-state index in [0.29, 0.717) is 11.7 Å². The second kappa shape index (κ2) is 4.61. The van der Waals surface area contributed by atoms with Crippen LogP contribution in [0.25, 0.3) is 10.9 Å². The molecule has 0 bridgehead atoms. The molecular weight excluding hydrogens is 238 g/mol. The maximum absolute atomic E-state index is 12.6. The highest BCUT2D eigenvalue weighted by atomic mass is 16.2. The fourth-order valence-electron chi connectivity index (χ4n) is 2.96. The number of fused-ring (bicyclic) bond motifs is 1. The Bertz CT molecular complexity index is 611. The molecule has 3 N–H and O–H groups in total. The van der Waals surface area contributed by atoms with E-state index in [-0.39, 0.29) is 5.91 Å². The van der Waals surface area contributed by atoms with E-state index in [1.54, 1.807) is 6.20 Å². The first-order valence-electron chi connectivity index (χ1n) is 6.80. The van der Waals surface area contributed by atoms with Crippen LogP contribution in [0.2, 0.25) is 0 Å². The SMILES string of the molecule is CN(C(=O)c1c[nH]c2ccc(N)cc12)C1CCCC1. The predicted molar refractivity (Wildman–Crippen MR) is 77.1 cm³/mol. The number of hydrogen-bond acceptors (Lipinski definition) is 2. The fraction of sp³-hybridized carbons (Fsp3) is 0.400. The first-order chi connectivity index (χ1) is 9.16. The van der Waals surface area contributed by atoms with Crippen LogP contribution in [0.5, 0.6) is 0 Å². The monoisotopic (exact) mass is 257 g/mol. The third-order valence-corrected chi connectivity index (χ3v) is 4.13. The lowest BCUT2D eigenvalue weighted by atomic mass is 10.1. The Morgan fingerprint density at radius 3 is 2.84 bits per heavy atom. The molecule has 1 heterocycles. The number of hydrogen-bond donors (Lipinski definition) is 2. The number of benzene rings is 1. The zero-order chi connectivity index (χ0) is 13.4. The number of nitrogens with one attached hydrogen (secondary N) is 1. The van der Waals surface area contributed by atoms with Gasteiger partial charge in [-0.05, 0) is 31.0 Å². The fourth-order valence-corrected chi connectivity index (χ4v) is 2.96. The Morgan fingerprint density at radius 1 is 1.37 bits per heavy atom. The van der Waals surface area contributed by atoms with Crippen molar-refractivity contribution in [3.63, 3.8) is 0 Å². The molecule has 0 saturated heterocycles. The average Bonchev–Trinajstić information content (AvgIpc) is 3.05. The number of H-pyrrole nitrogens is 1. The number of nitrogens with two attached hydrogens (primary N) is 1. The molecule has 0 spiro atoms. The van der Waals surface area contributed by atoms with Gasteiger partial charge in [-0.25, -0.2) is 0 Å². The summed E-state index contributed by atoms with van der Waals surface area (Å²) in [7, 11) is 1.91. The van der Waals surface area contributed by atoms with E-state index in [1.807, 2.05) is 30.1 Å². The van der Waals surface area contributed by atoms with Gasteiger partial charge in [-0.2, -0.15) is 0 Å². The van der Waals surface area contributed by atoms with Crippen LogP contribution in [0.4, 0.5) is 5.69 Å².